The van der Waals surface area contributed by atoms with Gasteiger partial charge in [0.2, 0.25) is 5.91 Å². The van der Waals surface area contributed by atoms with Gasteiger partial charge in [0.1, 0.15) is 0 Å². The van der Waals surface area contributed by atoms with Crippen LogP contribution in [0.2, 0.25) is 0 Å². The molecule has 1 amide bonds. The van der Waals surface area contributed by atoms with Crippen LogP contribution in [0.4, 0.5) is 0 Å². The standard InChI is InChI=1S/C19H30N2O.ClH/c22-18(21-17-6-15-1-2-16(7-17)20-15)11-19-8-12-3-13(9-19)5-14(4-12)10-19;/h12-17,20H,1-11H2,(H,21,22);1H. The van der Waals surface area contributed by atoms with E-state index in [1.54, 1.807) is 0 Å². The van der Waals surface area contributed by atoms with Crippen molar-refractivity contribution in [3.05, 3.63) is 0 Å². The predicted octanol–water partition coefficient (Wildman–Crippen LogP) is 3.41. The lowest BCUT2D eigenvalue weighted by Gasteiger charge is -2.56. The van der Waals surface area contributed by atoms with Gasteiger partial charge in [0, 0.05) is 24.5 Å². The number of hydrogen-bond donors (Lipinski definition) is 2. The highest BCUT2D eigenvalue weighted by atomic mass is 35.5. The van der Waals surface area contributed by atoms with Gasteiger partial charge in [-0.1, -0.05) is 0 Å². The van der Waals surface area contributed by atoms with Crippen LogP contribution in [0, 0.1) is 23.2 Å². The molecule has 2 heterocycles. The molecule has 0 aromatic heterocycles. The second kappa shape index (κ2) is 5.91. The van der Waals surface area contributed by atoms with E-state index in [1.807, 2.05) is 0 Å². The van der Waals surface area contributed by atoms with Crippen molar-refractivity contribution in [2.24, 2.45) is 23.2 Å². The van der Waals surface area contributed by atoms with E-state index >= 15 is 0 Å². The Hall–Kier alpha value is -0.280. The Labute approximate surface area is 146 Å². The third-order valence-electron chi connectivity index (χ3n) is 7.54. The Morgan fingerprint density at radius 1 is 0.913 bits per heavy atom. The number of rotatable bonds is 3. The van der Waals surface area contributed by atoms with Crippen LogP contribution in [-0.2, 0) is 4.79 Å². The van der Waals surface area contributed by atoms with Crippen LogP contribution in [0.15, 0.2) is 0 Å². The highest BCUT2D eigenvalue weighted by Gasteiger charge is 2.51. The molecule has 6 aliphatic rings. The molecule has 0 aromatic carbocycles. The van der Waals surface area contributed by atoms with E-state index in [0.29, 0.717) is 29.4 Å². The Kier molecular flexibility index (Phi) is 4.16. The summed E-state index contributed by atoms with van der Waals surface area (Å²) in [4.78, 5) is 12.7. The Morgan fingerprint density at radius 2 is 1.43 bits per heavy atom. The molecular formula is C19H31ClN2O. The number of hydrogen-bond acceptors (Lipinski definition) is 2. The molecule has 0 spiro atoms. The summed E-state index contributed by atoms with van der Waals surface area (Å²) >= 11 is 0. The van der Waals surface area contributed by atoms with Gasteiger partial charge in [-0.05, 0) is 87.4 Å². The number of nitrogens with one attached hydrogen (secondary N) is 2. The molecule has 4 saturated carbocycles. The first-order valence-electron chi connectivity index (χ1n) is 9.71. The van der Waals surface area contributed by atoms with Crippen molar-refractivity contribution in [3.63, 3.8) is 0 Å². The van der Waals surface area contributed by atoms with Crippen molar-refractivity contribution >= 4 is 18.3 Å². The number of halogens is 1. The molecule has 130 valence electrons. The summed E-state index contributed by atoms with van der Waals surface area (Å²) < 4.78 is 0. The molecule has 6 bridgehead atoms. The third kappa shape index (κ3) is 3.04. The zero-order chi connectivity index (χ0) is 14.7. The molecule has 6 rings (SSSR count). The van der Waals surface area contributed by atoms with Crippen molar-refractivity contribution in [1.82, 2.24) is 10.6 Å². The van der Waals surface area contributed by atoms with Gasteiger partial charge in [-0.3, -0.25) is 4.79 Å². The van der Waals surface area contributed by atoms with Crippen LogP contribution in [0.5, 0.6) is 0 Å². The van der Waals surface area contributed by atoms with Crippen LogP contribution in [-0.4, -0.2) is 24.0 Å². The van der Waals surface area contributed by atoms with Crippen LogP contribution >= 0.6 is 12.4 Å². The van der Waals surface area contributed by atoms with E-state index in [9.17, 15) is 4.79 Å². The van der Waals surface area contributed by atoms with Gasteiger partial charge >= 0.3 is 0 Å². The van der Waals surface area contributed by atoms with Gasteiger partial charge in [0.25, 0.3) is 0 Å². The fraction of sp³-hybridized carbons (Fsp3) is 0.947. The highest BCUT2D eigenvalue weighted by molar-refractivity contribution is 5.85. The van der Waals surface area contributed by atoms with Crippen molar-refractivity contribution in [2.45, 2.75) is 88.8 Å². The Bertz CT molecular complexity index is 433. The summed E-state index contributed by atoms with van der Waals surface area (Å²) in [5.74, 6) is 3.23. The van der Waals surface area contributed by atoms with Gasteiger partial charge in [-0.25, -0.2) is 0 Å². The van der Waals surface area contributed by atoms with E-state index in [4.69, 9.17) is 0 Å². The summed E-state index contributed by atoms with van der Waals surface area (Å²) in [6.07, 6.45) is 14.2. The topological polar surface area (TPSA) is 41.1 Å². The molecule has 2 N–H and O–H groups in total. The summed E-state index contributed by atoms with van der Waals surface area (Å²) in [6, 6.07) is 1.78. The van der Waals surface area contributed by atoms with Gasteiger partial charge in [0.05, 0.1) is 0 Å². The summed E-state index contributed by atoms with van der Waals surface area (Å²) in [6.45, 7) is 0. The first kappa shape index (κ1) is 16.2. The van der Waals surface area contributed by atoms with E-state index in [2.05, 4.69) is 10.6 Å². The maximum absolute atomic E-state index is 12.7. The maximum atomic E-state index is 12.7. The van der Waals surface area contributed by atoms with E-state index < -0.39 is 0 Å². The minimum Gasteiger partial charge on any atom is -0.353 e. The lowest BCUT2D eigenvalue weighted by atomic mass is 9.49. The first-order chi connectivity index (χ1) is 10.7. The fourth-order valence-corrected chi connectivity index (χ4v) is 7.30. The molecule has 2 unspecified atom stereocenters. The normalized spacial score (nSPS) is 49.7. The second-order valence-corrected chi connectivity index (χ2v) is 9.47. The van der Waals surface area contributed by atoms with Crippen molar-refractivity contribution in [1.29, 1.82) is 0 Å². The Balaban J connectivity index is 0.00000135. The molecule has 0 aromatic rings. The number of amides is 1. The minimum absolute atomic E-state index is 0. The lowest BCUT2D eigenvalue weighted by molar-refractivity contribution is -0.130. The smallest absolute Gasteiger partial charge is 0.220 e. The first-order valence-corrected chi connectivity index (χ1v) is 9.71. The molecule has 2 saturated heterocycles. The minimum atomic E-state index is 0. The van der Waals surface area contributed by atoms with Crippen LogP contribution < -0.4 is 10.6 Å². The number of fused-ring (bicyclic) bond motifs is 2. The summed E-state index contributed by atoms with van der Waals surface area (Å²) in [5.41, 5.74) is 0.394. The number of piperidine rings is 1. The molecule has 0 radical (unpaired) electrons. The molecule has 3 nitrogen and oxygen atoms in total. The average Bonchev–Trinajstić information content (AvgIpc) is 2.75. The maximum Gasteiger partial charge on any atom is 0.220 e. The van der Waals surface area contributed by atoms with E-state index in [1.165, 1.54) is 51.4 Å². The molecule has 23 heavy (non-hydrogen) atoms. The number of carbonyl (C=O) groups is 1. The SMILES string of the molecule is Cl.O=C(CC12CC3CC(CC(C3)C1)C2)NC1CC2CCC(C1)N2. The van der Waals surface area contributed by atoms with Gasteiger partial charge < -0.3 is 10.6 Å². The molecule has 2 aliphatic heterocycles. The number of carbonyl (C=O) groups excluding carboxylic acids is 1. The molecule has 4 aliphatic carbocycles. The van der Waals surface area contributed by atoms with Gasteiger partial charge in [-0.15, -0.1) is 12.4 Å². The van der Waals surface area contributed by atoms with Crippen molar-refractivity contribution in [3.8, 4) is 0 Å². The van der Waals surface area contributed by atoms with Gasteiger partial charge in [0.15, 0.2) is 0 Å². The lowest BCUT2D eigenvalue weighted by Crippen LogP contribution is -2.51. The average molecular weight is 339 g/mol. The highest BCUT2D eigenvalue weighted by Crippen LogP contribution is 2.61. The third-order valence-corrected chi connectivity index (χ3v) is 7.54. The molecule has 6 fully saturated rings. The Morgan fingerprint density at radius 3 is 1.96 bits per heavy atom. The van der Waals surface area contributed by atoms with E-state index in [0.717, 1.165) is 37.0 Å². The van der Waals surface area contributed by atoms with Crippen molar-refractivity contribution < 1.29 is 4.79 Å². The van der Waals surface area contributed by atoms with Gasteiger partial charge in [-0.2, -0.15) is 0 Å². The molecule has 4 heteroatoms. The summed E-state index contributed by atoms with van der Waals surface area (Å²) in [5, 5.41) is 7.08. The fourth-order valence-electron chi connectivity index (χ4n) is 7.30. The zero-order valence-electron chi connectivity index (χ0n) is 14.1. The monoisotopic (exact) mass is 338 g/mol. The second-order valence-electron chi connectivity index (χ2n) is 9.47. The molecular weight excluding hydrogens is 308 g/mol. The largest absolute Gasteiger partial charge is 0.353 e. The van der Waals surface area contributed by atoms with Crippen molar-refractivity contribution in [2.75, 3.05) is 0 Å². The van der Waals surface area contributed by atoms with Crippen LogP contribution in [0.3, 0.4) is 0 Å². The summed E-state index contributed by atoms with van der Waals surface area (Å²) in [7, 11) is 0. The van der Waals surface area contributed by atoms with Crippen LogP contribution in [0.25, 0.3) is 0 Å². The molecule has 2 atom stereocenters. The van der Waals surface area contributed by atoms with Crippen LogP contribution in [0.1, 0.15) is 70.6 Å². The zero-order valence-corrected chi connectivity index (χ0v) is 14.9. The van der Waals surface area contributed by atoms with E-state index in [-0.39, 0.29) is 12.4 Å². The quantitative estimate of drug-likeness (QED) is 0.828. The predicted molar refractivity (Wildman–Crippen MR) is 93.6 cm³/mol.